The van der Waals surface area contributed by atoms with Crippen molar-refractivity contribution in [3.63, 3.8) is 0 Å². The second kappa shape index (κ2) is 17.4. The number of carbonyl (C=O) groups is 3. The van der Waals surface area contributed by atoms with Crippen LogP contribution in [0.5, 0.6) is 0 Å². The fraction of sp³-hybridized carbons (Fsp3) is 0.523. The zero-order valence-electron chi connectivity index (χ0n) is 34.4. The van der Waals surface area contributed by atoms with Crippen LogP contribution in [0, 0.1) is 11.8 Å². The van der Waals surface area contributed by atoms with E-state index in [4.69, 9.17) is 4.42 Å². The number of nitrogens with zero attached hydrogens (tertiary/aromatic N) is 8. The van der Waals surface area contributed by atoms with E-state index >= 15 is 0 Å². The molecule has 2 N–H and O–H groups in total. The molecule has 9 rings (SSSR count). The number of imidazole rings is 1. The summed E-state index contributed by atoms with van der Waals surface area (Å²) in [7, 11) is 1.72. The fourth-order valence-electron chi connectivity index (χ4n) is 9.25. The Morgan fingerprint density at radius 3 is 2.46 bits per heavy atom. The molecule has 1 aliphatic carbocycles. The van der Waals surface area contributed by atoms with Crippen LogP contribution in [-0.4, -0.2) is 89.1 Å². The molecule has 1 saturated carbocycles. The van der Waals surface area contributed by atoms with E-state index in [1.165, 1.54) is 29.9 Å². The second-order valence-corrected chi connectivity index (χ2v) is 17.3. The molecule has 1 atom stereocenters. The van der Waals surface area contributed by atoms with Crippen LogP contribution < -0.4 is 16.3 Å². The van der Waals surface area contributed by atoms with Crippen molar-refractivity contribution in [3.05, 3.63) is 82.1 Å². The molecule has 4 fully saturated rings. The number of alkyl halides is 2. The lowest BCUT2D eigenvalue weighted by molar-refractivity contribution is -0.135. The van der Waals surface area contributed by atoms with E-state index in [9.17, 15) is 28.0 Å². The Morgan fingerprint density at radius 2 is 1.70 bits per heavy atom. The molecular formula is C44H52F2N10O5. The quantitative estimate of drug-likeness (QED) is 0.126. The minimum absolute atomic E-state index is 0.00858. The largest absolute Gasteiger partial charge is 0.444 e. The van der Waals surface area contributed by atoms with Crippen LogP contribution in [0.15, 0.2) is 58.2 Å². The van der Waals surface area contributed by atoms with Crippen molar-refractivity contribution in [2.24, 2.45) is 18.9 Å². The summed E-state index contributed by atoms with van der Waals surface area (Å²) >= 11 is 0. The minimum Gasteiger partial charge on any atom is -0.444 e. The third-order valence-electron chi connectivity index (χ3n) is 13.1. The third kappa shape index (κ3) is 9.08. The number of oxazole rings is 1. The maximum atomic E-state index is 14.2. The molecule has 15 nitrogen and oxygen atoms in total. The molecule has 3 amide bonds. The number of piperidine rings is 3. The van der Waals surface area contributed by atoms with Crippen molar-refractivity contribution in [3.8, 4) is 11.5 Å². The average molecular weight is 839 g/mol. The molecule has 17 heteroatoms. The Morgan fingerprint density at radius 1 is 0.934 bits per heavy atom. The van der Waals surface area contributed by atoms with E-state index in [1.54, 1.807) is 28.6 Å². The summed E-state index contributed by atoms with van der Waals surface area (Å²) in [5, 5.41) is 9.21. The highest BCUT2D eigenvalue weighted by Gasteiger charge is 2.32. The second-order valence-electron chi connectivity index (χ2n) is 17.3. The van der Waals surface area contributed by atoms with Crippen molar-refractivity contribution in [2.75, 3.05) is 38.0 Å². The molecule has 1 aromatic carbocycles. The molecular weight excluding hydrogens is 787 g/mol. The lowest BCUT2D eigenvalue weighted by atomic mass is 9.92. The maximum Gasteiger partial charge on any atom is 0.329 e. The third-order valence-corrected chi connectivity index (χ3v) is 13.1. The van der Waals surface area contributed by atoms with Crippen LogP contribution in [0.2, 0.25) is 0 Å². The van der Waals surface area contributed by atoms with Crippen molar-refractivity contribution in [2.45, 2.75) is 95.7 Å². The van der Waals surface area contributed by atoms with E-state index in [1.807, 2.05) is 24.3 Å². The van der Waals surface area contributed by atoms with E-state index in [0.717, 1.165) is 107 Å². The van der Waals surface area contributed by atoms with Gasteiger partial charge in [0.15, 0.2) is 11.4 Å². The average Bonchev–Trinajstić information content (AvgIpc) is 3.68. The van der Waals surface area contributed by atoms with E-state index in [2.05, 4.69) is 35.5 Å². The van der Waals surface area contributed by atoms with Crippen LogP contribution in [-0.2, 0) is 29.6 Å². The normalized spacial score (nSPS) is 19.9. The molecule has 0 spiro atoms. The number of nitrogens with one attached hydrogen (secondary N) is 2. The summed E-state index contributed by atoms with van der Waals surface area (Å²) < 4.78 is 38.6. The summed E-state index contributed by atoms with van der Waals surface area (Å²) in [4.78, 5) is 64.3. The van der Waals surface area contributed by atoms with E-state index in [-0.39, 0.29) is 41.3 Å². The predicted octanol–water partition coefficient (Wildman–Crippen LogP) is 6.04. The zero-order valence-corrected chi connectivity index (χ0v) is 34.4. The molecule has 4 aliphatic rings. The molecule has 1 unspecified atom stereocenters. The van der Waals surface area contributed by atoms with Gasteiger partial charge in [-0.2, -0.15) is 5.10 Å². The Hall–Kier alpha value is -5.55. The molecule has 61 heavy (non-hydrogen) atoms. The Labute approximate surface area is 351 Å². The number of fused-ring (bicyclic) bond motifs is 1. The molecule has 4 aromatic heterocycles. The predicted molar refractivity (Wildman–Crippen MR) is 222 cm³/mol. The van der Waals surface area contributed by atoms with Gasteiger partial charge in [0.2, 0.25) is 17.7 Å². The first-order valence-corrected chi connectivity index (χ1v) is 21.6. The van der Waals surface area contributed by atoms with Crippen LogP contribution in [0.3, 0.4) is 0 Å². The number of aryl methyl sites for hydroxylation is 2. The van der Waals surface area contributed by atoms with Gasteiger partial charge in [-0.15, -0.1) is 0 Å². The number of likely N-dealkylation sites (tertiary alicyclic amines) is 2. The van der Waals surface area contributed by atoms with Gasteiger partial charge in [-0.3, -0.25) is 43.4 Å². The molecule has 3 aliphatic heterocycles. The van der Waals surface area contributed by atoms with Gasteiger partial charge in [-0.1, -0.05) is 18.9 Å². The summed E-state index contributed by atoms with van der Waals surface area (Å²) in [6.07, 6.45) is 11.5. The monoisotopic (exact) mass is 838 g/mol. The Bertz CT molecular complexity index is 2470. The number of pyridine rings is 1. The minimum atomic E-state index is -2.86. The number of benzene rings is 1. The number of imide groups is 1. The van der Waals surface area contributed by atoms with Crippen molar-refractivity contribution in [1.82, 2.24) is 44.0 Å². The molecule has 0 radical (unpaired) electrons. The number of amides is 3. The van der Waals surface area contributed by atoms with Gasteiger partial charge in [-0.05, 0) is 113 Å². The van der Waals surface area contributed by atoms with Gasteiger partial charge in [-0.25, -0.2) is 18.6 Å². The van der Waals surface area contributed by atoms with Gasteiger partial charge in [0.25, 0.3) is 12.3 Å². The van der Waals surface area contributed by atoms with Crippen molar-refractivity contribution < 1.29 is 27.6 Å². The first-order valence-electron chi connectivity index (χ1n) is 21.6. The summed E-state index contributed by atoms with van der Waals surface area (Å²) in [5.41, 5.74) is 3.45. The molecule has 7 heterocycles. The highest BCUT2D eigenvalue weighted by atomic mass is 19.3. The smallest absolute Gasteiger partial charge is 0.329 e. The fourth-order valence-corrected chi connectivity index (χ4v) is 9.25. The van der Waals surface area contributed by atoms with Crippen LogP contribution in [0.4, 0.5) is 14.5 Å². The summed E-state index contributed by atoms with van der Waals surface area (Å²) in [6, 6.07) is 8.90. The number of hydrogen-bond donors (Lipinski definition) is 2. The number of anilines is 1. The van der Waals surface area contributed by atoms with Crippen LogP contribution >= 0.6 is 0 Å². The first kappa shape index (κ1) is 40.8. The molecule has 0 bridgehead atoms. The topological polar surface area (TPSA) is 165 Å². The van der Waals surface area contributed by atoms with Gasteiger partial charge in [0.05, 0.1) is 22.8 Å². The van der Waals surface area contributed by atoms with Crippen LogP contribution in [0.1, 0.15) is 110 Å². The van der Waals surface area contributed by atoms with Gasteiger partial charge in [0.1, 0.15) is 12.3 Å². The Balaban J connectivity index is 0.733. The highest BCUT2D eigenvalue weighted by molar-refractivity contribution is 6.03. The highest BCUT2D eigenvalue weighted by Crippen LogP contribution is 2.34. The zero-order chi connectivity index (χ0) is 42.2. The number of rotatable bonds is 14. The molecule has 322 valence electrons. The van der Waals surface area contributed by atoms with Gasteiger partial charge >= 0.3 is 5.69 Å². The summed E-state index contributed by atoms with van der Waals surface area (Å²) in [6.45, 7) is 5.39. The van der Waals surface area contributed by atoms with Gasteiger partial charge < -0.3 is 14.6 Å². The molecule has 3 saturated heterocycles. The van der Waals surface area contributed by atoms with Crippen molar-refractivity contribution >= 4 is 34.4 Å². The van der Waals surface area contributed by atoms with E-state index < -0.39 is 30.0 Å². The standard InChI is InChI=1S/C44H52F2N10O5/c1-52-37-22-29(5-7-35(37)56(44(52)60)36-8-9-38(57)50-42(36)59)24-54-18-12-28(13-19-54)11-17-53-20-14-32(15-21-53)55-25-33(39(51-55)40(45)46)48-41(58)34-26-61-43(49-34)30-10-16-47-31(23-30)6-4-27-2-3-27/h5,7,10,16,22-23,25-28,32,36,40H,2-4,6,8-9,11-15,17-21,24H2,1H3,(H,48,58)(H,50,57,59). The number of aromatic nitrogens is 6. The molecule has 5 aromatic rings. The lowest BCUT2D eigenvalue weighted by Gasteiger charge is -2.35. The van der Waals surface area contributed by atoms with Crippen molar-refractivity contribution in [1.29, 1.82) is 0 Å². The van der Waals surface area contributed by atoms with Gasteiger partial charge in [0, 0.05) is 56.8 Å². The number of hydrogen-bond acceptors (Lipinski definition) is 10. The Kier molecular flexibility index (Phi) is 11.7. The van der Waals surface area contributed by atoms with Crippen LogP contribution in [0.25, 0.3) is 22.5 Å². The maximum absolute atomic E-state index is 14.2. The number of carbonyl (C=O) groups excluding carboxylic acids is 3. The summed E-state index contributed by atoms with van der Waals surface area (Å²) in [5.74, 6) is 0.278. The lowest BCUT2D eigenvalue weighted by Crippen LogP contribution is -2.44. The first-order chi connectivity index (χ1) is 29.6. The number of halogens is 2. The SMILES string of the molecule is Cn1c(=O)n(C2CCC(=O)NC2=O)c2ccc(CN3CCC(CCN4CCC(n5cc(NC(=O)c6coc(-c7ccnc(CCC8CC8)c7)n6)c(C(F)F)n5)CC4)CC3)cc21. The van der Waals surface area contributed by atoms with E-state index in [0.29, 0.717) is 23.4 Å².